The van der Waals surface area contributed by atoms with Crippen LogP contribution in [0, 0.1) is 6.92 Å². The van der Waals surface area contributed by atoms with E-state index in [0.29, 0.717) is 18.3 Å². The van der Waals surface area contributed by atoms with Crippen LogP contribution in [0.4, 0.5) is 0 Å². The Hall–Kier alpha value is -1.40. The highest BCUT2D eigenvalue weighted by molar-refractivity contribution is 7.14. The predicted octanol–water partition coefficient (Wildman–Crippen LogP) is 3.91. The van der Waals surface area contributed by atoms with Gasteiger partial charge in [-0.2, -0.15) is 0 Å². The first-order valence-corrected chi connectivity index (χ1v) is 7.57. The van der Waals surface area contributed by atoms with Gasteiger partial charge in [-0.1, -0.05) is 13.8 Å². The third kappa shape index (κ3) is 3.33. The van der Waals surface area contributed by atoms with E-state index < -0.39 is 5.97 Å². The number of nitrogens with zero attached hydrogens (tertiary/aromatic N) is 1. The Morgan fingerprint density at radius 3 is 2.84 bits per heavy atom. The Bertz CT molecular complexity index is 586. The van der Waals surface area contributed by atoms with Crippen molar-refractivity contribution < 1.29 is 14.6 Å². The number of thiazole rings is 1. The summed E-state index contributed by atoms with van der Waals surface area (Å²) in [6.07, 6.45) is 0. The second kappa shape index (κ2) is 5.71. The normalized spacial score (nSPS) is 10.9. The van der Waals surface area contributed by atoms with Crippen molar-refractivity contribution in [2.45, 2.75) is 33.3 Å². The van der Waals surface area contributed by atoms with E-state index in [1.54, 1.807) is 17.4 Å². The molecule has 2 heterocycles. The third-order valence-electron chi connectivity index (χ3n) is 2.45. The number of aromatic carboxylic acids is 1. The molecule has 2 rings (SSSR count). The molecule has 0 amide bonds. The lowest BCUT2D eigenvalue weighted by atomic mass is 10.2. The fourth-order valence-corrected chi connectivity index (χ4v) is 3.17. The van der Waals surface area contributed by atoms with Gasteiger partial charge in [-0.05, 0) is 13.0 Å². The van der Waals surface area contributed by atoms with Crippen molar-refractivity contribution >= 4 is 28.6 Å². The van der Waals surface area contributed by atoms with Crippen molar-refractivity contribution in [3.63, 3.8) is 0 Å². The van der Waals surface area contributed by atoms with Crippen LogP contribution in [0.5, 0.6) is 5.75 Å². The summed E-state index contributed by atoms with van der Waals surface area (Å²) in [4.78, 5) is 16.7. The van der Waals surface area contributed by atoms with Crippen LogP contribution in [0.1, 0.15) is 45.0 Å². The topological polar surface area (TPSA) is 59.4 Å². The standard InChI is InChI=1S/C13H15NO3S2/c1-7(2)12-14-9(6-18-12)5-17-10-4-8(3)19-11(10)13(15)16/h4,6-7H,5H2,1-3H3,(H,15,16). The second-order valence-corrected chi connectivity index (χ2v) is 6.62. The highest BCUT2D eigenvalue weighted by Crippen LogP contribution is 2.29. The maximum Gasteiger partial charge on any atom is 0.349 e. The molecule has 0 spiro atoms. The van der Waals surface area contributed by atoms with Gasteiger partial charge in [0.1, 0.15) is 12.4 Å². The Balaban J connectivity index is 2.07. The van der Waals surface area contributed by atoms with Crippen molar-refractivity contribution in [1.82, 2.24) is 4.98 Å². The van der Waals surface area contributed by atoms with Crippen LogP contribution >= 0.6 is 22.7 Å². The number of hydrogen-bond donors (Lipinski definition) is 1. The summed E-state index contributed by atoms with van der Waals surface area (Å²) in [5, 5.41) is 12.1. The summed E-state index contributed by atoms with van der Waals surface area (Å²) in [5.41, 5.74) is 0.842. The van der Waals surface area contributed by atoms with Crippen molar-refractivity contribution in [1.29, 1.82) is 0 Å². The monoisotopic (exact) mass is 297 g/mol. The first-order valence-electron chi connectivity index (χ1n) is 5.88. The Kier molecular flexibility index (Phi) is 4.21. The number of ether oxygens (including phenoxy) is 1. The van der Waals surface area contributed by atoms with Crippen molar-refractivity contribution in [3.05, 3.63) is 31.9 Å². The second-order valence-electron chi connectivity index (χ2n) is 4.48. The molecule has 0 aliphatic carbocycles. The van der Waals surface area contributed by atoms with Crippen molar-refractivity contribution in [3.8, 4) is 5.75 Å². The molecule has 0 fully saturated rings. The van der Waals surface area contributed by atoms with Crippen LogP contribution in [-0.4, -0.2) is 16.1 Å². The molecular formula is C13H15NO3S2. The fourth-order valence-electron chi connectivity index (χ4n) is 1.55. The number of thiophene rings is 1. The van der Waals surface area contributed by atoms with Crippen LogP contribution in [0.15, 0.2) is 11.4 Å². The fraction of sp³-hybridized carbons (Fsp3) is 0.385. The molecule has 4 nitrogen and oxygen atoms in total. The Labute approximate surface area is 119 Å². The largest absolute Gasteiger partial charge is 0.485 e. The van der Waals surface area contributed by atoms with Gasteiger partial charge in [-0.3, -0.25) is 0 Å². The lowest BCUT2D eigenvalue weighted by Gasteiger charge is -2.03. The molecule has 0 bridgehead atoms. The van der Waals surface area contributed by atoms with E-state index in [9.17, 15) is 4.79 Å². The molecule has 2 aromatic heterocycles. The minimum Gasteiger partial charge on any atom is -0.485 e. The summed E-state index contributed by atoms with van der Waals surface area (Å²) in [5.74, 6) is -0.125. The van der Waals surface area contributed by atoms with Gasteiger partial charge in [0.25, 0.3) is 0 Å². The smallest absolute Gasteiger partial charge is 0.349 e. The molecule has 0 saturated heterocycles. The highest BCUT2D eigenvalue weighted by Gasteiger charge is 2.16. The molecule has 19 heavy (non-hydrogen) atoms. The zero-order chi connectivity index (χ0) is 14.0. The van der Waals surface area contributed by atoms with Gasteiger partial charge in [-0.15, -0.1) is 22.7 Å². The lowest BCUT2D eigenvalue weighted by molar-refractivity contribution is 0.0697. The van der Waals surface area contributed by atoms with Gasteiger partial charge in [0, 0.05) is 16.2 Å². The molecule has 0 aliphatic rings. The number of carbonyl (C=O) groups is 1. The number of aryl methyl sites for hydroxylation is 1. The van der Waals surface area contributed by atoms with Crippen LogP contribution in [0.25, 0.3) is 0 Å². The van der Waals surface area contributed by atoms with Gasteiger partial charge in [0.15, 0.2) is 4.88 Å². The van der Waals surface area contributed by atoms with Crippen molar-refractivity contribution in [2.24, 2.45) is 0 Å². The molecule has 6 heteroatoms. The molecular weight excluding hydrogens is 282 g/mol. The molecule has 0 saturated carbocycles. The number of hydrogen-bond acceptors (Lipinski definition) is 5. The van der Waals surface area contributed by atoms with Crippen LogP contribution in [0.2, 0.25) is 0 Å². The molecule has 1 N–H and O–H groups in total. The SMILES string of the molecule is Cc1cc(OCc2csc(C(C)C)n2)c(C(=O)O)s1. The Morgan fingerprint density at radius 1 is 1.53 bits per heavy atom. The highest BCUT2D eigenvalue weighted by atomic mass is 32.1. The molecule has 0 atom stereocenters. The van der Waals surface area contributed by atoms with E-state index in [1.807, 2.05) is 12.3 Å². The third-order valence-corrected chi connectivity index (χ3v) is 4.67. The summed E-state index contributed by atoms with van der Waals surface area (Å²) >= 11 is 2.83. The number of carboxylic acids is 1. The number of carboxylic acid groups (broad SMARTS) is 1. The summed E-state index contributed by atoms with van der Waals surface area (Å²) in [6.45, 7) is 6.35. The summed E-state index contributed by atoms with van der Waals surface area (Å²) in [7, 11) is 0. The molecule has 0 unspecified atom stereocenters. The Morgan fingerprint density at radius 2 is 2.26 bits per heavy atom. The van der Waals surface area contributed by atoms with Crippen LogP contribution in [-0.2, 0) is 6.61 Å². The van der Waals surface area contributed by atoms with E-state index in [2.05, 4.69) is 18.8 Å². The van der Waals surface area contributed by atoms with Gasteiger partial charge < -0.3 is 9.84 Å². The molecule has 0 aromatic carbocycles. The summed E-state index contributed by atoms with van der Waals surface area (Å²) in [6, 6.07) is 1.75. The summed E-state index contributed by atoms with van der Waals surface area (Å²) < 4.78 is 5.57. The first kappa shape index (κ1) is 14.0. The minimum atomic E-state index is -0.950. The molecule has 102 valence electrons. The molecule has 0 aliphatic heterocycles. The minimum absolute atomic E-state index is 0.247. The van der Waals surface area contributed by atoms with E-state index >= 15 is 0 Å². The zero-order valence-corrected chi connectivity index (χ0v) is 12.6. The molecule has 2 aromatic rings. The maximum absolute atomic E-state index is 11.1. The lowest BCUT2D eigenvalue weighted by Crippen LogP contribution is -2.00. The zero-order valence-electron chi connectivity index (χ0n) is 11.0. The van der Waals surface area contributed by atoms with Crippen LogP contribution in [0.3, 0.4) is 0 Å². The maximum atomic E-state index is 11.1. The first-order chi connectivity index (χ1) is 8.97. The number of aromatic nitrogens is 1. The van der Waals surface area contributed by atoms with Gasteiger partial charge in [0.2, 0.25) is 0 Å². The average molecular weight is 297 g/mol. The quantitative estimate of drug-likeness (QED) is 0.909. The van der Waals surface area contributed by atoms with Gasteiger partial charge >= 0.3 is 5.97 Å². The van der Waals surface area contributed by atoms with Crippen molar-refractivity contribution in [2.75, 3.05) is 0 Å². The van der Waals surface area contributed by atoms with E-state index in [4.69, 9.17) is 9.84 Å². The van der Waals surface area contributed by atoms with Crippen LogP contribution < -0.4 is 4.74 Å². The van der Waals surface area contributed by atoms with Gasteiger partial charge in [-0.25, -0.2) is 9.78 Å². The van der Waals surface area contributed by atoms with E-state index in [-0.39, 0.29) is 4.88 Å². The number of rotatable bonds is 5. The predicted molar refractivity (Wildman–Crippen MR) is 76.6 cm³/mol. The van der Waals surface area contributed by atoms with E-state index in [1.165, 1.54) is 11.3 Å². The molecule has 0 radical (unpaired) electrons. The van der Waals surface area contributed by atoms with E-state index in [0.717, 1.165) is 15.6 Å². The van der Waals surface area contributed by atoms with Gasteiger partial charge in [0.05, 0.1) is 10.7 Å². The average Bonchev–Trinajstić information content (AvgIpc) is 2.92.